The maximum absolute atomic E-state index is 11.2. The van der Waals surface area contributed by atoms with Crippen molar-refractivity contribution in [3.8, 4) is 0 Å². The third-order valence-corrected chi connectivity index (χ3v) is 1.97. The first-order valence-corrected chi connectivity index (χ1v) is 4.85. The van der Waals surface area contributed by atoms with Crippen LogP contribution in [-0.4, -0.2) is 29.1 Å². The molecule has 0 saturated carbocycles. The molecule has 90 valence electrons. The summed E-state index contributed by atoms with van der Waals surface area (Å²) < 4.78 is 0. The summed E-state index contributed by atoms with van der Waals surface area (Å²) in [5.41, 5.74) is 0. The Balaban J connectivity index is 4.06. The van der Waals surface area contributed by atoms with Crippen molar-refractivity contribution in [2.45, 2.75) is 26.8 Å². The molecule has 1 atom stereocenters. The standard InChI is InChI=1S/C10H16N2O4/c1-6(2)7(3)11-10(16)12-8(13)4-5-9(14)15/h4-7H,1-3H3,(H,14,15)(H2,11,12,13,16)/b5-4+. The van der Waals surface area contributed by atoms with Crippen LogP contribution in [0.3, 0.4) is 0 Å². The Bertz CT molecular complexity index is 310. The Morgan fingerprint density at radius 1 is 1.12 bits per heavy atom. The highest BCUT2D eigenvalue weighted by Gasteiger charge is 2.11. The Morgan fingerprint density at radius 2 is 1.69 bits per heavy atom. The lowest BCUT2D eigenvalue weighted by atomic mass is 10.1. The van der Waals surface area contributed by atoms with Crippen molar-refractivity contribution >= 4 is 17.9 Å². The number of nitrogens with one attached hydrogen (secondary N) is 2. The van der Waals surface area contributed by atoms with Gasteiger partial charge in [-0.2, -0.15) is 0 Å². The van der Waals surface area contributed by atoms with Crippen molar-refractivity contribution in [2.24, 2.45) is 5.92 Å². The fourth-order valence-corrected chi connectivity index (χ4v) is 0.710. The number of carboxylic acids is 1. The van der Waals surface area contributed by atoms with Gasteiger partial charge in [0.1, 0.15) is 0 Å². The number of carbonyl (C=O) groups is 3. The molecule has 0 aliphatic heterocycles. The summed E-state index contributed by atoms with van der Waals surface area (Å²) in [6, 6.07) is -0.711. The molecule has 0 radical (unpaired) electrons. The minimum atomic E-state index is -1.24. The van der Waals surface area contributed by atoms with Crippen molar-refractivity contribution in [3.05, 3.63) is 12.2 Å². The molecule has 0 aromatic carbocycles. The lowest BCUT2D eigenvalue weighted by Gasteiger charge is -2.16. The zero-order valence-corrected chi connectivity index (χ0v) is 9.48. The van der Waals surface area contributed by atoms with Gasteiger partial charge in [0.2, 0.25) is 0 Å². The van der Waals surface area contributed by atoms with Crippen LogP contribution < -0.4 is 10.6 Å². The molecule has 0 aliphatic rings. The Labute approximate surface area is 93.7 Å². The van der Waals surface area contributed by atoms with Gasteiger partial charge in [-0.15, -0.1) is 0 Å². The first-order chi connectivity index (χ1) is 7.32. The van der Waals surface area contributed by atoms with Gasteiger partial charge in [-0.3, -0.25) is 10.1 Å². The molecule has 16 heavy (non-hydrogen) atoms. The van der Waals surface area contributed by atoms with E-state index in [1.807, 2.05) is 26.1 Å². The quantitative estimate of drug-likeness (QED) is 0.610. The third-order valence-electron chi connectivity index (χ3n) is 1.97. The number of carboxylic acid groups (broad SMARTS) is 1. The average molecular weight is 228 g/mol. The number of aliphatic carboxylic acids is 1. The molecule has 6 heteroatoms. The molecule has 0 fully saturated rings. The fraction of sp³-hybridized carbons (Fsp3) is 0.500. The molecule has 0 heterocycles. The molecular weight excluding hydrogens is 212 g/mol. The molecule has 0 bridgehead atoms. The number of hydrogen-bond donors (Lipinski definition) is 3. The van der Waals surface area contributed by atoms with E-state index in [0.717, 1.165) is 6.08 Å². The first-order valence-electron chi connectivity index (χ1n) is 4.85. The van der Waals surface area contributed by atoms with Crippen molar-refractivity contribution in [1.82, 2.24) is 10.6 Å². The highest BCUT2D eigenvalue weighted by atomic mass is 16.4. The van der Waals surface area contributed by atoms with E-state index in [1.165, 1.54) is 0 Å². The number of rotatable bonds is 4. The Morgan fingerprint density at radius 3 is 2.12 bits per heavy atom. The maximum Gasteiger partial charge on any atom is 0.328 e. The largest absolute Gasteiger partial charge is 0.478 e. The van der Waals surface area contributed by atoms with E-state index < -0.39 is 17.9 Å². The van der Waals surface area contributed by atoms with E-state index in [4.69, 9.17) is 5.11 Å². The van der Waals surface area contributed by atoms with E-state index in [0.29, 0.717) is 6.08 Å². The molecule has 3 amide bonds. The predicted molar refractivity (Wildman–Crippen MR) is 57.8 cm³/mol. The molecule has 0 saturated heterocycles. The predicted octanol–water partition coefficient (Wildman–Crippen LogP) is 0.497. The monoisotopic (exact) mass is 228 g/mol. The topological polar surface area (TPSA) is 95.5 Å². The minimum Gasteiger partial charge on any atom is -0.478 e. The maximum atomic E-state index is 11.2. The SMILES string of the molecule is CC(C)C(C)NC(=O)NC(=O)/C=C/C(=O)O. The van der Waals surface area contributed by atoms with E-state index in [2.05, 4.69) is 5.32 Å². The number of amides is 3. The normalized spacial score (nSPS) is 12.5. The van der Waals surface area contributed by atoms with Gasteiger partial charge in [-0.1, -0.05) is 13.8 Å². The van der Waals surface area contributed by atoms with Crippen molar-refractivity contribution < 1.29 is 19.5 Å². The smallest absolute Gasteiger partial charge is 0.328 e. The van der Waals surface area contributed by atoms with Crippen LogP contribution in [0.2, 0.25) is 0 Å². The molecule has 0 spiro atoms. The van der Waals surface area contributed by atoms with E-state index in [1.54, 1.807) is 0 Å². The lowest BCUT2D eigenvalue weighted by Crippen LogP contribution is -2.44. The molecule has 0 rings (SSSR count). The molecule has 1 unspecified atom stereocenters. The van der Waals surface area contributed by atoms with Crippen LogP contribution in [0, 0.1) is 5.92 Å². The van der Waals surface area contributed by atoms with Gasteiger partial charge in [0, 0.05) is 18.2 Å². The second-order valence-electron chi connectivity index (χ2n) is 3.67. The molecule has 6 nitrogen and oxygen atoms in total. The van der Waals surface area contributed by atoms with Crippen molar-refractivity contribution in [3.63, 3.8) is 0 Å². The molecule has 0 aromatic rings. The summed E-state index contributed by atoms with van der Waals surface area (Å²) in [5, 5.41) is 12.8. The van der Waals surface area contributed by atoms with Gasteiger partial charge >= 0.3 is 12.0 Å². The Hall–Kier alpha value is -1.85. The van der Waals surface area contributed by atoms with Gasteiger partial charge in [-0.25, -0.2) is 9.59 Å². The van der Waals surface area contributed by atoms with Crippen LogP contribution >= 0.6 is 0 Å². The number of hydrogen-bond acceptors (Lipinski definition) is 3. The van der Waals surface area contributed by atoms with Gasteiger partial charge < -0.3 is 10.4 Å². The Kier molecular flexibility index (Phi) is 5.84. The first kappa shape index (κ1) is 14.2. The number of imide groups is 1. The van der Waals surface area contributed by atoms with Gasteiger partial charge in [0.15, 0.2) is 0 Å². The summed E-state index contributed by atoms with van der Waals surface area (Å²) >= 11 is 0. The second-order valence-corrected chi connectivity index (χ2v) is 3.67. The number of urea groups is 1. The van der Waals surface area contributed by atoms with E-state index in [-0.39, 0.29) is 12.0 Å². The van der Waals surface area contributed by atoms with Gasteiger partial charge in [0.05, 0.1) is 0 Å². The summed E-state index contributed by atoms with van der Waals surface area (Å²) in [6.07, 6.45) is 1.44. The summed E-state index contributed by atoms with van der Waals surface area (Å²) in [7, 11) is 0. The van der Waals surface area contributed by atoms with Gasteiger partial charge in [0.25, 0.3) is 5.91 Å². The zero-order valence-electron chi connectivity index (χ0n) is 9.48. The lowest BCUT2D eigenvalue weighted by molar-refractivity contribution is -0.131. The summed E-state index contributed by atoms with van der Waals surface area (Å²) in [5.74, 6) is -1.77. The fourth-order valence-electron chi connectivity index (χ4n) is 0.710. The summed E-state index contributed by atoms with van der Waals surface area (Å²) in [6.45, 7) is 5.66. The third kappa shape index (κ3) is 6.58. The zero-order chi connectivity index (χ0) is 12.7. The molecule has 0 aromatic heterocycles. The summed E-state index contributed by atoms with van der Waals surface area (Å²) in [4.78, 5) is 32.3. The van der Waals surface area contributed by atoms with E-state index in [9.17, 15) is 14.4 Å². The van der Waals surface area contributed by atoms with Crippen LogP contribution in [0.25, 0.3) is 0 Å². The molecular formula is C10H16N2O4. The molecule has 3 N–H and O–H groups in total. The van der Waals surface area contributed by atoms with Crippen LogP contribution in [0.4, 0.5) is 4.79 Å². The number of carbonyl (C=O) groups excluding carboxylic acids is 2. The van der Waals surface area contributed by atoms with Crippen molar-refractivity contribution in [2.75, 3.05) is 0 Å². The van der Waals surface area contributed by atoms with E-state index >= 15 is 0 Å². The second kappa shape index (κ2) is 6.60. The highest BCUT2D eigenvalue weighted by Crippen LogP contribution is 1.98. The van der Waals surface area contributed by atoms with Crippen LogP contribution in [0.5, 0.6) is 0 Å². The van der Waals surface area contributed by atoms with Crippen LogP contribution in [0.1, 0.15) is 20.8 Å². The van der Waals surface area contributed by atoms with Gasteiger partial charge in [-0.05, 0) is 12.8 Å². The minimum absolute atomic E-state index is 0.0729. The molecule has 0 aliphatic carbocycles. The van der Waals surface area contributed by atoms with Crippen molar-refractivity contribution in [1.29, 1.82) is 0 Å². The highest BCUT2D eigenvalue weighted by molar-refractivity contribution is 6.02. The van der Waals surface area contributed by atoms with Crippen LogP contribution in [0.15, 0.2) is 12.2 Å². The van der Waals surface area contributed by atoms with Crippen LogP contribution in [-0.2, 0) is 9.59 Å². The average Bonchev–Trinajstić information content (AvgIpc) is 2.14.